The lowest BCUT2D eigenvalue weighted by molar-refractivity contribution is -0.112. The van der Waals surface area contributed by atoms with Crippen molar-refractivity contribution in [1.29, 1.82) is 0 Å². The van der Waals surface area contributed by atoms with Gasteiger partial charge in [-0.15, -0.1) is 0 Å². The number of benzene rings is 2. The van der Waals surface area contributed by atoms with E-state index in [1.54, 1.807) is 12.1 Å². The molecule has 0 aromatic heterocycles. The van der Waals surface area contributed by atoms with E-state index >= 15 is 0 Å². The summed E-state index contributed by atoms with van der Waals surface area (Å²) in [6.45, 7) is 0. The van der Waals surface area contributed by atoms with E-state index in [1.165, 1.54) is 0 Å². The minimum absolute atomic E-state index is 0.131. The fourth-order valence-corrected chi connectivity index (χ4v) is 3.04. The number of hydrogen-bond donors (Lipinski definition) is 0. The Morgan fingerprint density at radius 1 is 0.783 bits per heavy atom. The van der Waals surface area contributed by atoms with Crippen molar-refractivity contribution in [2.45, 2.75) is 19.3 Å². The molecule has 2 aromatic rings. The van der Waals surface area contributed by atoms with Crippen LogP contribution in [-0.4, -0.2) is 5.78 Å². The molecule has 1 fully saturated rings. The summed E-state index contributed by atoms with van der Waals surface area (Å²) in [6.07, 6.45) is 6.52. The highest BCUT2D eigenvalue weighted by molar-refractivity contribution is 6.42. The number of halogens is 2. The molecule has 1 nitrogen and oxygen atoms in total. The van der Waals surface area contributed by atoms with Crippen LogP contribution in [0.1, 0.15) is 30.4 Å². The van der Waals surface area contributed by atoms with Crippen LogP contribution in [0, 0.1) is 0 Å². The first-order valence-corrected chi connectivity index (χ1v) is 8.35. The average Bonchev–Trinajstić information content (AvgIpc) is 2.56. The topological polar surface area (TPSA) is 17.1 Å². The van der Waals surface area contributed by atoms with Gasteiger partial charge in [-0.05, 0) is 54.7 Å². The normalized spacial score (nSPS) is 18.6. The van der Waals surface area contributed by atoms with Gasteiger partial charge in [0.2, 0.25) is 0 Å². The summed E-state index contributed by atoms with van der Waals surface area (Å²) in [4.78, 5) is 12.7. The Kier molecular flexibility index (Phi) is 5.00. The molecule has 3 rings (SSSR count). The predicted molar refractivity (Wildman–Crippen MR) is 97.7 cm³/mol. The molecule has 0 amide bonds. The molecule has 0 heterocycles. The number of hydrogen-bond acceptors (Lipinski definition) is 1. The van der Waals surface area contributed by atoms with Crippen LogP contribution in [0.25, 0.3) is 12.2 Å². The summed E-state index contributed by atoms with van der Waals surface area (Å²) in [5.41, 5.74) is 3.67. The van der Waals surface area contributed by atoms with Gasteiger partial charge in [-0.25, -0.2) is 0 Å². The van der Waals surface area contributed by atoms with E-state index in [0.29, 0.717) is 10.0 Å². The Bertz CT molecular complexity index is 789. The SMILES string of the molecule is O=C1/C(=C/c2ccccc2)CCC/C1=C\c1ccc(Cl)c(Cl)c1. The summed E-state index contributed by atoms with van der Waals surface area (Å²) in [5.74, 6) is 0.131. The first-order chi connectivity index (χ1) is 11.1. The standard InChI is InChI=1S/C20H16Cl2O/c21-18-10-9-15(13-19(18)22)12-17-8-4-7-16(20(17)23)11-14-5-2-1-3-6-14/h1-3,5-6,9-13H,4,7-8H2/b16-11+,17-12+. The zero-order valence-electron chi connectivity index (χ0n) is 12.6. The smallest absolute Gasteiger partial charge is 0.185 e. The van der Waals surface area contributed by atoms with E-state index in [-0.39, 0.29) is 5.78 Å². The summed E-state index contributed by atoms with van der Waals surface area (Å²) in [6, 6.07) is 15.4. The van der Waals surface area contributed by atoms with E-state index in [0.717, 1.165) is 41.5 Å². The molecule has 23 heavy (non-hydrogen) atoms. The molecule has 1 aliphatic carbocycles. The Morgan fingerprint density at radius 2 is 1.43 bits per heavy atom. The summed E-state index contributed by atoms with van der Waals surface area (Å²) in [5, 5.41) is 1.03. The van der Waals surface area contributed by atoms with Crippen molar-refractivity contribution in [3.8, 4) is 0 Å². The van der Waals surface area contributed by atoms with Crippen LogP contribution in [0.2, 0.25) is 10.0 Å². The summed E-state index contributed by atoms with van der Waals surface area (Å²) < 4.78 is 0. The highest BCUT2D eigenvalue weighted by Gasteiger charge is 2.20. The van der Waals surface area contributed by atoms with Gasteiger partial charge in [0, 0.05) is 11.1 Å². The molecular formula is C20H16Cl2O. The van der Waals surface area contributed by atoms with Crippen molar-refractivity contribution < 1.29 is 4.79 Å². The second-order valence-corrected chi connectivity index (χ2v) is 6.42. The minimum Gasteiger partial charge on any atom is -0.289 e. The van der Waals surface area contributed by atoms with Gasteiger partial charge < -0.3 is 0 Å². The molecule has 1 aliphatic rings. The van der Waals surface area contributed by atoms with Gasteiger partial charge in [0.05, 0.1) is 10.0 Å². The maximum atomic E-state index is 12.7. The third kappa shape index (κ3) is 3.93. The van der Waals surface area contributed by atoms with Crippen LogP contribution in [0.4, 0.5) is 0 Å². The number of rotatable bonds is 2. The van der Waals surface area contributed by atoms with E-state index in [1.807, 2.05) is 48.6 Å². The van der Waals surface area contributed by atoms with Crippen LogP contribution in [0.15, 0.2) is 59.7 Å². The quantitative estimate of drug-likeness (QED) is 0.592. The minimum atomic E-state index is 0.131. The van der Waals surface area contributed by atoms with Crippen molar-refractivity contribution in [2.75, 3.05) is 0 Å². The van der Waals surface area contributed by atoms with Gasteiger partial charge in [-0.2, -0.15) is 0 Å². The maximum Gasteiger partial charge on any atom is 0.185 e. The number of carbonyl (C=O) groups excluding carboxylic acids is 1. The molecular weight excluding hydrogens is 327 g/mol. The largest absolute Gasteiger partial charge is 0.289 e. The van der Waals surface area contributed by atoms with Gasteiger partial charge in [-0.1, -0.05) is 59.6 Å². The van der Waals surface area contributed by atoms with Crippen LogP contribution in [0.5, 0.6) is 0 Å². The highest BCUT2D eigenvalue weighted by atomic mass is 35.5. The molecule has 0 unspecified atom stereocenters. The fourth-order valence-electron chi connectivity index (χ4n) is 2.73. The molecule has 1 saturated carbocycles. The van der Waals surface area contributed by atoms with E-state index in [4.69, 9.17) is 23.2 Å². The zero-order valence-corrected chi connectivity index (χ0v) is 14.1. The Morgan fingerprint density at radius 3 is 2.09 bits per heavy atom. The molecule has 0 atom stereocenters. The lowest BCUT2D eigenvalue weighted by atomic mass is 9.87. The maximum absolute atomic E-state index is 12.7. The molecule has 3 heteroatoms. The van der Waals surface area contributed by atoms with Crippen molar-refractivity contribution in [1.82, 2.24) is 0 Å². The van der Waals surface area contributed by atoms with Gasteiger partial charge >= 0.3 is 0 Å². The molecule has 2 aromatic carbocycles. The zero-order chi connectivity index (χ0) is 16.2. The molecule has 0 N–H and O–H groups in total. The first kappa shape index (κ1) is 16.0. The summed E-state index contributed by atoms with van der Waals surface area (Å²) in [7, 11) is 0. The van der Waals surface area contributed by atoms with Gasteiger partial charge in [0.1, 0.15) is 0 Å². The van der Waals surface area contributed by atoms with E-state index in [2.05, 4.69) is 0 Å². The number of carbonyl (C=O) groups is 1. The van der Waals surface area contributed by atoms with Crippen molar-refractivity contribution in [3.63, 3.8) is 0 Å². The van der Waals surface area contributed by atoms with Crippen LogP contribution in [-0.2, 0) is 4.79 Å². The average molecular weight is 343 g/mol. The third-order valence-electron chi connectivity index (χ3n) is 3.90. The molecule has 0 aliphatic heterocycles. The lowest BCUT2D eigenvalue weighted by Gasteiger charge is -2.16. The molecule has 0 spiro atoms. The van der Waals surface area contributed by atoms with Crippen LogP contribution in [0.3, 0.4) is 0 Å². The number of Topliss-reactive ketones (excluding diaryl/α,β-unsaturated/α-hetero) is 1. The van der Waals surface area contributed by atoms with E-state index in [9.17, 15) is 4.79 Å². The van der Waals surface area contributed by atoms with Crippen LogP contribution >= 0.6 is 23.2 Å². The summed E-state index contributed by atoms with van der Waals surface area (Å²) >= 11 is 12.0. The predicted octanol–water partition coefficient (Wildman–Crippen LogP) is 6.21. The highest BCUT2D eigenvalue weighted by Crippen LogP contribution is 2.29. The Hall–Kier alpha value is -1.83. The van der Waals surface area contributed by atoms with Crippen LogP contribution < -0.4 is 0 Å². The third-order valence-corrected chi connectivity index (χ3v) is 4.64. The number of ketones is 1. The molecule has 0 radical (unpaired) electrons. The molecule has 116 valence electrons. The van der Waals surface area contributed by atoms with Crippen molar-refractivity contribution in [2.24, 2.45) is 0 Å². The second kappa shape index (κ2) is 7.16. The van der Waals surface area contributed by atoms with Gasteiger partial charge in [0.25, 0.3) is 0 Å². The lowest BCUT2D eigenvalue weighted by Crippen LogP contribution is -2.12. The number of allylic oxidation sites excluding steroid dienone is 2. The molecule has 0 bridgehead atoms. The van der Waals surface area contributed by atoms with Crippen molar-refractivity contribution in [3.05, 3.63) is 80.8 Å². The molecule has 0 saturated heterocycles. The van der Waals surface area contributed by atoms with Gasteiger partial charge in [-0.3, -0.25) is 4.79 Å². The Labute approximate surface area is 146 Å². The first-order valence-electron chi connectivity index (χ1n) is 7.59. The Balaban J connectivity index is 1.89. The van der Waals surface area contributed by atoms with E-state index < -0.39 is 0 Å². The van der Waals surface area contributed by atoms with Crippen molar-refractivity contribution >= 4 is 41.1 Å². The second-order valence-electron chi connectivity index (χ2n) is 5.61. The fraction of sp³-hybridized carbons (Fsp3) is 0.150. The monoisotopic (exact) mass is 342 g/mol. The van der Waals surface area contributed by atoms with Gasteiger partial charge in [0.15, 0.2) is 5.78 Å².